The van der Waals surface area contributed by atoms with Gasteiger partial charge in [-0.3, -0.25) is 4.79 Å². The maximum atomic E-state index is 11.9. The Morgan fingerprint density at radius 2 is 1.93 bits per heavy atom. The zero-order chi connectivity index (χ0) is 10.4. The van der Waals surface area contributed by atoms with E-state index < -0.39 is 0 Å². The Balaban J connectivity index is 2.21. The highest BCUT2D eigenvalue weighted by molar-refractivity contribution is 6.19. The highest BCUT2D eigenvalue weighted by Crippen LogP contribution is 2.37. The summed E-state index contributed by atoms with van der Waals surface area (Å²) in [5, 5.41) is 0. The van der Waals surface area contributed by atoms with Gasteiger partial charge >= 0.3 is 0 Å². The second kappa shape index (κ2) is 2.80. The molecule has 0 aromatic heterocycles. The van der Waals surface area contributed by atoms with Gasteiger partial charge in [-0.05, 0) is 16.7 Å². The van der Waals surface area contributed by atoms with E-state index in [4.69, 9.17) is 0 Å². The lowest BCUT2D eigenvalue weighted by atomic mass is 9.94. The van der Waals surface area contributed by atoms with E-state index in [-0.39, 0.29) is 5.78 Å². The van der Waals surface area contributed by atoms with E-state index in [9.17, 15) is 4.79 Å². The molecule has 0 aliphatic heterocycles. The second-order valence-electron chi connectivity index (χ2n) is 3.91. The van der Waals surface area contributed by atoms with Gasteiger partial charge in [0.25, 0.3) is 0 Å². The Morgan fingerprint density at radius 3 is 2.80 bits per heavy atom. The van der Waals surface area contributed by atoms with Crippen LogP contribution in [0.25, 0.3) is 5.57 Å². The molecule has 2 aliphatic rings. The van der Waals surface area contributed by atoms with Crippen LogP contribution in [0.3, 0.4) is 0 Å². The number of Topliss-reactive ketones (excluding diaryl/α,β-unsaturated/α-hetero) is 1. The fourth-order valence-corrected chi connectivity index (χ4v) is 2.23. The summed E-state index contributed by atoms with van der Waals surface area (Å²) in [7, 11) is 0. The molecule has 0 unspecified atom stereocenters. The van der Waals surface area contributed by atoms with Crippen molar-refractivity contribution in [2.24, 2.45) is 0 Å². The summed E-state index contributed by atoms with van der Waals surface area (Å²) in [6, 6.07) is 8.18. The number of benzene rings is 1. The smallest absolute Gasteiger partial charge is 0.189 e. The van der Waals surface area contributed by atoms with Crippen molar-refractivity contribution in [3.05, 3.63) is 65.3 Å². The molecule has 1 aromatic rings. The quantitative estimate of drug-likeness (QED) is 0.580. The van der Waals surface area contributed by atoms with Gasteiger partial charge < -0.3 is 0 Å². The standard InChI is InChI=1S/C14H10O/c1-9-6-7-12-11-5-3-2-4-10(11)8-13(12)14(9)15/h2-7H,1,8H2. The van der Waals surface area contributed by atoms with E-state index in [1.165, 1.54) is 11.1 Å². The van der Waals surface area contributed by atoms with Crippen molar-refractivity contribution < 1.29 is 4.79 Å². The lowest BCUT2D eigenvalue weighted by molar-refractivity contribution is -0.112. The average molecular weight is 194 g/mol. The topological polar surface area (TPSA) is 17.1 Å². The fraction of sp³-hybridized carbons (Fsp3) is 0.0714. The number of carbonyl (C=O) groups excluding carboxylic acids is 1. The molecule has 0 saturated heterocycles. The summed E-state index contributed by atoms with van der Waals surface area (Å²) in [5.41, 5.74) is 5.04. The number of rotatable bonds is 0. The molecule has 0 heterocycles. The number of ketones is 1. The summed E-state index contributed by atoms with van der Waals surface area (Å²) >= 11 is 0. The van der Waals surface area contributed by atoms with Gasteiger partial charge in [0.1, 0.15) is 0 Å². The van der Waals surface area contributed by atoms with Gasteiger partial charge in [-0.15, -0.1) is 0 Å². The number of fused-ring (bicyclic) bond motifs is 2. The molecule has 0 fully saturated rings. The van der Waals surface area contributed by atoms with E-state index in [0.717, 1.165) is 17.6 Å². The van der Waals surface area contributed by atoms with Crippen molar-refractivity contribution in [2.75, 3.05) is 0 Å². The molecular weight excluding hydrogens is 184 g/mol. The zero-order valence-electron chi connectivity index (χ0n) is 8.29. The molecule has 1 heteroatoms. The summed E-state index contributed by atoms with van der Waals surface area (Å²) in [6.45, 7) is 3.75. The average Bonchev–Trinajstić information content (AvgIpc) is 2.63. The summed E-state index contributed by atoms with van der Waals surface area (Å²) in [6.07, 6.45) is 4.57. The Morgan fingerprint density at radius 1 is 1.13 bits per heavy atom. The molecule has 0 N–H and O–H groups in total. The van der Waals surface area contributed by atoms with Crippen LogP contribution >= 0.6 is 0 Å². The van der Waals surface area contributed by atoms with E-state index in [2.05, 4.69) is 18.7 Å². The third kappa shape index (κ3) is 1.06. The van der Waals surface area contributed by atoms with Gasteiger partial charge in [-0.1, -0.05) is 43.0 Å². The van der Waals surface area contributed by atoms with Gasteiger partial charge in [-0.25, -0.2) is 0 Å². The molecule has 3 rings (SSSR count). The van der Waals surface area contributed by atoms with Crippen LogP contribution in [-0.2, 0) is 11.2 Å². The van der Waals surface area contributed by atoms with Crippen LogP contribution in [0.1, 0.15) is 11.1 Å². The molecule has 0 saturated carbocycles. The molecule has 0 amide bonds. The third-order valence-electron chi connectivity index (χ3n) is 3.02. The molecular formula is C14H10O. The number of hydrogen-bond donors (Lipinski definition) is 0. The first-order chi connectivity index (χ1) is 7.27. The highest BCUT2D eigenvalue weighted by atomic mass is 16.1. The van der Waals surface area contributed by atoms with Crippen molar-refractivity contribution >= 4 is 11.4 Å². The van der Waals surface area contributed by atoms with Crippen LogP contribution in [-0.4, -0.2) is 5.78 Å². The molecule has 1 aromatic carbocycles. The molecule has 0 atom stereocenters. The molecule has 72 valence electrons. The lowest BCUT2D eigenvalue weighted by Gasteiger charge is -2.08. The predicted octanol–water partition coefficient (Wildman–Crippen LogP) is 2.69. The third-order valence-corrected chi connectivity index (χ3v) is 3.02. The monoisotopic (exact) mass is 194 g/mol. The van der Waals surface area contributed by atoms with Crippen molar-refractivity contribution in [2.45, 2.75) is 6.42 Å². The maximum Gasteiger partial charge on any atom is 0.189 e. The second-order valence-corrected chi connectivity index (χ2v) is 3.91. The Bertz CT molecular complexity index is 544. The fourth-order valence-electron chi connectivity index (χ4n) is 2.23. The van der Waals surface area contributed by atoms with Crippen LogP contribution in [0.2, 0.25) is 0 Å². The van der Waals surface area contributed by atoms with E-state index in [0.29, 0.717) is 5.57 Å². The van der Waals surface area contributed by atoms with Crippen molar-refractivity contribution in [1.29, 1.82) is 0 Å². The summed E-state index contributed by atoms with van der Waals surface area (Å²) < 4.78 is 0. The van der Waals surface area contributed by atoms with Gasteiger partial charge in [0.05, 0.1) is 0 Å². The molecule has 0 spiro atoms. The number of allylic oxidation sites excluding steroid dienone is 5. The summed E-state index contributed by atoms with van der Waals surface area (Å²) in [5.74, 6) is 0.101. The molecule has 15 heavy (non-hydrogen) atoms. The Kier molecular flexibility index (Phi) is 1.57. The van der Waals surface area contributed by atoms with Crippen molar-refractivity contribution in [1.82, 2.24) is 0 Å². The van der Waals surface area contributed by atoms with Crippen LogP contribution in [0.4, 0.5) is 0 Å². The van der Waals surface area contributed by atoms with E-state index in [1.54, 1.807) is 0 Å². The van der Waals surface area contributed by atoms with Crippen LogP contribution < -0.4 is 0 Å². The van der Waals surface area contributed by atoms with E-state index in [1.807, 2.05) is 24.3 Å². The SMILES string of the molecule is C=C1C=CC2=C(Cc3ccccc32)C1=O. The minimum absolute atomic E-state index is 0.101. The first kappa shape index (κ1) is 8.42. The van der Waals surface area contributed by atoms with E-state index >= 15 is 0 Å². The molecule has 0 radical (unpaired) electrons. The van der Waals surface area contributed by atoms with Crippen LogP contribution in [0.5, 0.6) is 0 Å². The minimum atomic E-state index is 0.101. The van der Waals surface area contributed by atoms with Gasteiger partial charge in [0.2, 0.25) is 0 Å². The molecule has 0 bridgehead atoms. The first-order valence-electron chi connectivity index (χ1n) is 5.00. The predicted molar refractivity (Wildman–Crippen MR) is 60.4 cm³/mol. The zero-order valence-corrected chi connectivity index (χ0v) is 8.29. The van der Waals surface area contributed by atoms with Crippen molar-refractivity contribution in [3.63, 3.8) is 0 Å². The van der Waals surface area contributed by atoms with Gasteiger partial charge in [-0.2, -0.15) is 0 Å². The summed E-state index contributed by atoms with van der Waals surface area (Å²) in [4.78, 5) is 11.9. The lowest BCUT2D eigenvalue weighted by Crippen LogP contribution is -2.07. The largest absolute Gasteiger partial charge is 0.289 e. The van der Waals surface area contributed by atoms with Gasteiger partial charge in [0, 0.05) is 17.6 Å². The van der Waals surface area contributed by atoms with Crippen LogP contribution in [0.15, 0.2) is 54.1 Å². The van der Waals surface area contributed by atoms with Crippen molar-refractivity contribution in [3.8, 4) is 0 Å². The van der Waals surface area contributed by atoms with Gasteiger partial charge in [0.15, 0.2) is 5.78 Å². The molecule has 1 nitrogen and oxygen atoms in total. The Hall–Kier alpha value is -1.89. The first-order valence-corrected chi connectivity index (χ1v) is 5.00. The molecule has 2 aliphatic carbocycles. The number of carbonyl (C=O) groups is 1. The Labute approximate surface area is 88.4 Å². The minimum Gasteiger partial charge on any atom is -0.289 e. The maximum absolute atomic E-state index is 11.9. The number of hydrogen-bond acceptors (Lipinski definition) is 1. The van der Waals surface area contributed by atoms with Crippen LogP contribution in [0, 0.1) is 0 Å². The normalized spacial score (nSPS) is 18.1. The highest BCUT2D eigenvalue weighted by Gasteiger charge is 2.27.